The highest BCUT2D eigenvalue weighted by Gasteiger charge is 2.14. The molecule has 21 heavy (non-hydrogen) atoms. The zero-order chi connectivity index (χ0) is 14.7. The summed E-state index contributed by atoms with van der Waals surface area (Å²) in [5.74, 6) is 6.68. The quantitative estimate of drug-likeness (QED) is 0.743. The monoisotopic (exact) mass is 344 g/mol. The zero-order valence-corrected chi connectivity index (χ0v) is 13.6. The minimum atomic E-state index is 0.240. The maximum atomic E-state index is 5.38. The number of aromatic nitrogens is 1. The number of morpholine rings is 1. The summed E-state index contributed by atoms with van der Waals surface area (Å²) in [5, 5.41) is 1.09. The van der Waals surface area contributed by atoms with Crippen LogP contribution in [0.1, 0.15) is 12.5 Å². The van der Waals surface area contributed by atoms with Gasteiger partial charge in [-0.3, -0.25) is 9.88 Å². The smallest absolute Gasteiger partial charge is 0.0715 e. The Hall–Kier alpha value is -1.41. The third-order valence-corrected chi connectivity index (χ3v) is 4.21. The number of pyridine rings is 1. The van der Waals surface area contributed by atoms with Crippen LogP contribution in [0.15, 0.2) is 34.9 Å². The van der Waals surface area contributed by atoms with Crippen LogP contribution >= 0.6 is 15.9 Å². The predicted octanol–water partition coefficient (Wildman–Crippen LogP) is 3.07. The number of halogens is 1. The van der Waals surface area contributed by atoms with Gasteiger partial charge < -0.3 is 4.74 Å². The molecule has 1 saturated heterocycles. The first-order valence-corrected chi connectivity index (χ1v) is 7.91. The summed E-state index contributed by atoms with van der Waals surface area (Å²) in [6, 6.07) is 8.31. The number of rotatable bonds is 1. The van der Waals surface area contributed by atoms with Gasteiger partial charge in [0.05, 0.1) is 24.8 Å². The molecule has 1 atom stereocenters. The molecule has 0 amide bonds. The van der Waals surface area contributed by atoms with Crippen molar-refractivity contribution >= 4 is 26.8 Å². The Morgan fingerprint density at radius 1 is 1.29 bits per heavy atom. The topological polar surface area (TPSA) is 25.4 Å². The molecule has 1 unspecified atom stereocenters. The van der Waals surface area contributed by atoms with Gasteiger partial charge in [-0.1, -0.05) is 27.8 Å². The summed E-state index contributed by atoms with van der Waals surface area (Å²) in [6.07, 6.45) is 1.82. The Morgan fingerprint density at radius 2 is 2.10 bits per heavy atom. The Morgan fingerprint density at radius 3 is 2.90 bits per heavy atom. The molecule has 0 aliphatic carbocycles. The van der Waals surface area contributed by atoms with Crippen molar-refractivity contribution in [3.05, 3.63) is 40.5 Å². The van der Waals surface area contributed by atoms with Crippen molar-refractivity contribution in [1.29, 1.82) is 0 Å². The molecule has 0 saturated carbocycles. The van der Waals surface area contributed by atoms with E-state index in [9.17, 15) is 0 Å². The van der Waals surface area contributed by atoms with Crippen LogP contribution in [0.2, 0.25) is 0 Å². The molecular formula is C17H17BrN2O. The number of hydrogen-bond donors (Lipinski definition) is 0. The van der Waals surface area contributed by atoms with Gasteiger partial charge in [0.2, 0.25) is 0 Å². The molecular weight excluding hydrogens is 328 g/mol. The van der Waals surface area contributed by atoms with Gasteiger partial charge in [0.25, 0.3) is 0 Å². The third kappa shape index (κ3) is 3.44. The van der Waals surface area contributed by atoms with Crippen LogP contribution in [0.5, 0.6) is 0 Å². The molecule has 1 aliphatic heterocycles. The van der Waals surface area contributed by atoms with E-state index in [1.54, 1.807) is 0 Å². The lowest BCUT2D eigenvalue weighted by Gasteiger charge is -2.29. The number of ether oxygens (including phenoxy) is 1. The molecule has 2 heterocycles. The van der Waals surface area contributed by atoms with Crippen molar-refractivity contribution in [1.82, 2.24) is 9.88 Å². The van der Waals surface area contributed by atoms with Gasteiger partial charge >= 0.3 is 0 Å². The van der Waals surface area contributed by atoms with Gasteiger partial charge in [0, 0.05) is 34.7 Å². The second-order valence-corrected chi connectivity index (χ2v) is 6.03. The number of hydrogen-bond acceptors (Lipinski definition) is 3. The average Bonchev–Trinajstić information content (AvgIpc) is 2.53. The van der Waals surface area contributed by atoms with Gasteiger partial charge in [0.15, 0.2) is 0 Å². The summed E-state index contributed by atoms with van der Waals surface area (Å²) in [5.41, 5.74) is 2.01. The van der Waals surface area contributed by atoms with Crippen LogP contribution in [0.25, 0.3) is 10.9 Å². The first-order chi connectivity index (χ1) is 10.2. The van der Waals surface area contributed by atoms with Crippen LogP contribution in [-0.4, -0.2) is 42.2 Å². The van der Waals surface area contributed by atoms with E-state index < -0.39 is 0 Å². The summed E-state index contributed by atoms with van der Waals surface area (Å²) < 4.78 is 6.43. The summed E-state index contributed by atoms with van der Waals surface area (Å²) >= 11 is 3.51. The van der Waals surface area contributed by atoms with Crippen molar-refractivity contribution in [2.24, 2.45) is 0 Å². The Labute approximate surface area is 133 Å². The largest absolute Gasteiger partial charge is 0.379 e. The van der Waals surface area contributed by atoms with Crippen molar-refractivity contribution < 1.29 is 4.74 Å². The molecule has 1 aliphatic rings. The molecule has 2 aromatic rings. The first kappa shape index (κ1) is 14.5. The minimum absolute atomic E-state index is 0.240. The van der Waals surface area contributed by atoms with Gasteiger partial charge in [-0.05, 0) is 31.2 Å². The van der Waals surface area contributed by atoms with Crippen LogP contribution in [0, 0.1) is 11.8 Å². The van der Waals surface area contributed by atoms with E-state index in [0.717, 1.165) is 47.2 Å². The predicted molar refractivity (Wildman–Crippen MR) is 88.2 cm³/mol. The van der Waals surface area contributed by atoms with Gasteiger partial charge in [-0.25, -0.2) is 0 Å². The zero-order valence-electron chi connectivity index (χ0n) is 12.0. The summed E-state index contributed by atoms with van der Waals surface area (Å²) in [4.78, 5) is 6.74. The van der Waals surface area contributed by atoms with Crippen LogP contribution in [0.3, 0.4) is 0 Å². The van der Waals surface area contributed by atoms with E-state index in [-0.39, 0.29) is 6.04 Å². The molecule has 3 rings (SSSR count). The first-order valence-electron chi connectivity index (χ1n) is 7.11. The second-order valence-electron chi connectivity index (χ2n) is 5.11. The highest BCUT2D eigenvalue weighted by molar-refractivity contribution is 9.10. The fourth-order valence-electron chi connectivity index (χ4n) is 2.47. The van der Waals surface area contributed by atoms with E-state index in [0.29, 0.717) is 0 Å². The molecule has 0 bridgehead atoms. The summed E-state index contributed by atoms with van der Waals surface area (Å²) in [7, 11) is 0. The average molecular weight is 345 g/mol. The molecule has 3 nitrogen and oxygen atoms in total. The molecule has 0 radical (unpaired) electrons. The lowest BCUT2D eigenvalue weighted by atomic mass is 10.1. The maximum Gasteiger partial charge on any atom is 0.0715 e. The molecule has 0 spiro atoms. The van der Waals surface area contributed by atoms with Crippen molar-refractivity contribution in [3.8, 4) is 11.8 Å². The molecule has 1 aromatic carbocycles. The molecule has 108 valence electrons. The SMILES string of the molecule is CC(C#Cc1ccnc2ccc(Br)cc12)N1CCOCC1. The highest BCUT2D eigenvalue weighted by Crippen LogP contribution is 2.21. The normalized spacial score (nSPS) is 17.2. The third-order valence-electron chi connectivity index (χ3n) is 3.71. The van der Waals surface area contributed by atoms with Gasteiger partial charge in [-0.15, -0.1) is 0 Å². The fraction of sp³-hybridized carbons (Fsp3) is 0.353. The standard InChI is InChI=1S/C17H17BrN2O/c1-13(20-8-10-21-11-9-20)2-3-14-6-7-19-17-5-4-15(18)12-16(14)17/h4-7,12-13H,8-11H2,1H3. The van der Waals surface area contributed by atoms with E-state index in [1.807, 2.05) is 24.4 Å². The molecule has 0 N–H and O–H groups in total. The van der Waals surface area contributed by atoms with Crippen LogP contribution in [0.4, 0.5) is 0 Å². The second kappa shape index (κ2) is 6.57. The van der Waals surface area contributed by atoms with E-state index >= 15 is 0 Å². The Kier molecular flexibility index (Phi) is 4.54. The lowest BCUT2D eigenvalue weighted by Crippen LogP contribution is -2.41. The lowest BCUT2D eigenvalue weighted by molar-refractivity contribution is 0.0302. The van der Waals surface area contributed by atoms with E-state index in [2.05, 4.69) is 50.6 Å². The minimum Gasteiger partial charge on any atom is -0.379 e. The molecule has 4 heteroatoms. The van der Waals surface area contributed by atoms with Crippen LogP contribution in [-0.2, 0) is 4.74 Å². The summed E-state index contributed by atoms with van der Waals surface area (Å²) in [6.45, 7) is 5.67. The Balaban J connectivity index is 1.88. The molecule has 1 aromatic heterocycles. The van der Waals surface area contributed by atoms with E-state index in [4.69, 9.17) is 4.74 Å². The molecule has 1 fully saturated rings. The number of benzene rings is 1. The van der Waals surface area contributed by atoms with Crippen molar-refractivity contribution in [2.45, 2.75) is 13.0 Å². The van der Waals surface area contributed by atoms with Crippen molar-refractivity contribution in [2.75, 3.05) is 26.3 Å². The van der Waals surface area contributed by atoms with Gasteiger partial charge in [0.1, 0.15) is 0 Å². The number of fused-ring (bicyclic) bond motifs is 1. The van der Waals surface area contributed by atoms with E-state index in [1.165, 1.54) is 0 Å². The fourth-order valence-corrected chi connectivity index (χ4v) is 2.83. The number of nitrogens with zero attached hydrogens (tertiary/aromatic N) is 2. The highest BCUT2D eigenvalue weighted by atomic mass is 79.9. The Bertz CT molecular complexity index is 699. The van der Waals surface area contributed by atoms with Crippen molar-refractivity contribution in [3.63, 3.8) is 0 Å². The van der Waals surface area contributed by atoms with Crippen LogP contribution < -0.4 is 0 Å². The maximum absolute atomic E-state index is 5.38. The van der Waals surface area contributed by atoms with Gasteiger partial charge in [-0.2, -0.15) is 0 Å².